The standard InChI is InChI=1S/C11H23F3N2O/c1-4-6-15-10(3,9-17)7-16(5-2)8-11(12,13)14/h15,17H,4-9H2,1-3H3. The van der Waals surface area contributed by atoms with Gasteiger partial charge in [-0.25, -0.2) is 0 Å². The van der Waals surface area contributed by atoms with Crippen LogP contribution in [0, 0.1) is 0 Å². The Kier molecular flexibility index (Phi) is 7.04. The lowest BCUT2D eigenvalue weighted by molar-refractivity contribution is -0.147. The van der Waals surface area contributed by atoms with Crippen molar-refractivity contribution in [2.45, 2.75) is 38.9 Å². The fourth-order valence-electron chi connectivity index (χ4n) is 1.62. The van der Waals surface area contributed by atoms with Crippen LogP contribution in [-0.2, 0) is 0 Å². The Bertz CT molecular complexity index is 211. The van der Waals surface area contributed by atoms with Gasteiger partial charge in [0.2, 0.25) is 0 Å². The molecule has 0 saturated heterocycles. The normalized spacial score (nSPS) is 16.2. The van der Waals surface area contributed by atoms with Gasteiger partial charge in [0.15, 0.2) is 0 Å². The number of aliphatic hydroxyl groups excluding tert-OH is 1. The minimum Gasteiger partial charge on any atom is -0.394 e. The highest BCUT2D eigenvalue weighted by Crippen LogP contribution is 2.18. The number of alkyl halides is 3. The molecule has 0 aromatic carbocycles. The molecule has 0 aromatic rings. The molecule has 0 aliphatic heterocycles. The third kappa shape index (κ3) is 7.57. The van der Waals surface area contributed by atoms with Gasteiger partial charge in [0.1, 0.15) is 0 Å². The van der Waals surface area contributed by atoms with Crippen molar-refractivity contribution in [1.82, 2.24) is 10.2 Å². The van der Waals surface area contributed by atoms with Gasteiger partial charge < -0.3 is 10.4 Å². The molecule has 0 fully saturated rings. The highest BCUT2D eigenvalue weighted by atomic mass is 19.4. The van der Waals surface area contributed by atoms with Crippen molar-refractivity contribution in [3.05, 3.63) is 0 Å². The molecule has 17 heavy (non-hydrogen) atoms. The maximum atomic E-state index is 12.3. The Morgan fingerprint density at radius 1 is 1.18 bits per heavy atom. The van der Waals surface area contributed by atoms with E-state index in [1.54, 1.807) is 13.8 Å². The van der Waals surface area contributed by atoms with Crippen LogP contribution in [0.15, 0.2) is 0 Å². The van der Waals surface area contributed by atoms with Crippen LogP contribution in [0.5, 0.6) is 0 Å². The molecule has 6 heteroatoms. The summed E-state index contributed by atoms with van der Waals surface area (Å²) < 4.78 is 36.9. The number of likely N-dealkylation sites (N-methyl/N-ethyl adjacent to an activating group) is 1. The van der Waals surface area contributed by atoms with Gasteiger partial charge in [0.05, 0.1) is 18.7 Å². The molecular formula is C11H23F3N2O. The topological polar surface area (TPSA) is 35.5 Å². The molecular weight excluding hydrogens is 233 g/mol. The number of aliphatic hydroxyl groups is 1. The first-order valence-corrected chi connectivity index (χ1v) is 5.91. The van der Waals surface area contributed by atoms with E-state index in [4.69, 9.17) is 0 Å². The van der Waals surface area contributed by atoms with Crippen molar-refractivity contribution in [3.63, 3.8) is 0 Å². The maximum Gasteiger partial charge on any atom is 0.401 e. The van der Waals surface area contributed by atoms with Crippen molar-refractivity contribution in [2.75, 3.05) is 32.8 Å². The zero-order valence-corrected chi connectivity index (χ0v) is 10.8. The monoisotopic (exact) mass is 256 g/mol. The second-order valence-corrected chi connectivity index (χ2v) is 4.56. The van der Waals surface area contributed by atoms with Crippen molar-refractivity contribution in [2.24, 2.45) is 0 Å². The summed E-state index contributed by atoms with van der Waals surface area (Å²) in [6.07, 6.45) is -3.32. The highest BCUT2D eigenvalue weighted by molar-refractivity contribution is 4.86. The van der Waals surface area contributed by atoms with E-state index < -0.39 is 18.3 Å². The first kappa shape index (κ1) is 16.7. The summed E-state index contributed by atoms with van der Waals surface area (Å²) in [4.78, 5) is 1.29. The van der Waals surface area contributed by atoms with E-state index >= 15 is 0 Å². The summed E-state index contributed by atoms with van der Waals surface area (Å²) in [5.41, 5.74) is -0.683. The van der Waals surface area contributed by atoms with Gasteiger partial charge in [0.25, 0.3) is 0 Å². The van der Waals surface area contributed by atoms with Crippen LogP contribution in [0.2, 0.25) is 0 Å². The molecule has 0 aromatic heterocycles. The lowest BCUT2D eigenvalue weighted by Gasteiger charge is -2.35. The number of nitrogens with one attached hydrogen (secondary N) is 1. The van der Waals surface area contributed by atoms with Gasteiger partial charge in [-0.1, -0.05) is 13.8 Å². The Morgan fingerprint density at radius 2 is 1.76 bits per heavy atom. The molecule has 0 heterocycles. The van der Waals surface area contributed by atoms with Crippen molar-refractivity contribution in [3.8, 4) is 0 Å². The molecule has 1 unspecified atom stereocenters. The van der Waals surface area contributed by atoms with Crippen LogP contribution in [0.1, 0.15) is 27.2 Å². The third-order valence-corrected chi connectivity index (χ3v) is 2.57. The molecule has 3 nitrogen and oxygen atoms in total. The molecule has 104 valence electrons. The fraction of sp³-hybridized carbons (Fsp3) is 1.00. The van der Waals surface area contributed by atoms with E-state index in [1.807, 2.05) is 6.92 Å². The van der Waals surface area contributed by atoms with E-state index in [9.17, 15) is 18.3 Å². The van der Waals surface area contributed by atoms with Crippen LogP contribution in [0.25, 0.3) is 0 Å². The molecule has 2 N–H and O–H groups in total. The van der Waals surface area contributed by atoms with E-state index in [0.717, 1.165) is 6.42 Å². The van der Waals surface area contributed by atoms with Gasteiger partial charge in [-0.3, -0.25) is 4.90 Å². The third-order valence-electron chi connectivity index (χ3n) is 2.57. The Morgan fingerprint density at radius 3 is 2.12 bits per heavy atom. The predicted octanol–water partition coefficient (Wildman–Crippen LogP) is 1.62. The first-order valence-electron chi connectivity index (χ1n) is 5.91. The van der Waals surface area contributed by atoms with Crippen LogP contribution in [0.4, 0.5) is 13.2 Å². The molecule has 0 spiro atoms. The molecule has 0 saturated carbocycles. The van der Waals surface area contributed by atoms with E-state index in [1.165, 1.54) is 4.90 Å². The Labute approximate surface area is 101 Å². The quantitative estimate of drug-likeness (QED) is 0.693. The molecule has 0 amide bonds. The van der Waals surface area contributed by atoms with E-state index in [0.29, 0.717) is 13.1 Å². The Hall–Kier alpha value is -0.330. The predicted molar refractivity (Wildman–Crippen MR) is 62.0 cm³/mol. The zero-order chi connectivity index (χ0) is 13.5. The maximum absolute atomic E-state index is 12.3. The van der Waals surface area contributed by atoms with Crippen LogP contribution in [0.3, 0.4) is 0 Å². The largest absolute Gasteiger partial charge is 0.401 e. The van der Waals surface area contributed by atoms with E-state index in [-0.39, 0.29) is 13.2 Å². The average molecular weight is 256 g/mol. The van der Waals surface area contributed by atoms with Crippen LogP contribution < -0.4 is 5.32 Å². The summed E-state index contributed by atoms with van der Waals surface area (Å²) in [5, 5.41) is 12.4. The molecule has 0 bridgehead atoms. The van der Waals surface area contributed by atoms with Gasteiger partial charge in [-0.05, 0) is 26.4 Å². The van der Waals surface area contributed by atoms with Crippen molar-refractivity contribution >= 4 is 0 Å². The zero-order valence-electron chi connectivity index (χ0n) is 10.8. The number of halogens is 3. The minimum atomic E-state index is -4.20. The number of hydrogen-bond donors (Lipinski definition) is 2. The van der Waals surface area contributed by atoms with Crippen molar-refractivity contribution in [1.29, 1.82) is 0 Å². The fourth-order valence-corrected chi connectivity index (χ4v) is 1.62. The summed E-state index contributed by atoms with van der Waals surface area (Å²) in [6, 6.07) is 0. The molecule has 0 aliphatic carbocycles. The van der Waals surface area contributed by atoms with Gasteiger partial charge >= 0.3 is 6.18 Å². The molecule has 1 atom stereocenters. The molecule has 0 aliphatic rings. The number of hydrogen-bond acceptors (Lipinski definition) is 3. The molecule has 0 radical (unpaired) electrons. The van der Waals surface area contributed by atoms with Crippen LogP contribution >= 0.6 is 0 Å². The lowest BCUT2D eigenvalue weighted by Crippen LogP contribution is -2.55. The SMILES string of the molecule is CCCNC(C)(CO)CN(CC)CC(F)(F)F. The van der Waals surface area contributed by atoms with Gasteiger partial charge in [-0.15, -0.1) is 0 Å². The average Bonchev–Trinajstić information content (AvgIpc) is 2.23. The van der Waals surface area contributed by atoms with Crippen molar-refractivity contribution < 1.29 is 18.3 Å². The number of rotatable bonds is 8. The summed E-state index contributed by atoms with van der Waals surface area (Å²) in [7, 11) is 0. The first-order chi connectivity index (χ1) is 7.76. The minimum absolute atomic E-state index is 0.179. The number of nitrogens with zero attached hydrogens (tertiary/aromatic N) is 1. The summed E-state index contributed by atoms with van der Waals surface area (Å²) in [6.45, 7) is 5.44. The van der Waals surface area contributed by atoms with Gasteiger partial charge in [-0.2, -0.15) is 13.2 Å². The lowest BCUT2D eigenvalue weighted by atomic mass is 10.0. The highest BCUT2D eigenvalue weighted by Gasteiger charge is 2.33. The van der Waals surface area contributed by atoms with E-state index in [2.05, 4.69) is 5.32 Å². The van der Waals surface area contributed by atoms with Gasteiger partial charge in [0, 0.05) is 6.54 Å². The second-order valence-electron chi connectivity index (χ2n) is 4.56. The summed E-state index contributed by atoms with van der Waals surface area (Å²) >= 11 is 0. The second kappa shape index (κ2) is 7.18. The molecule has 0 rings (SSSR count). The Balaban J connectivity index is 4.39. The summed E-state index contributed by atoms with van der Waals surface area (Å²) in [5.74, 6) is 0. The van der Waals surface area contributed by atoms with Crippen LogP contribution in [-0.4, -0.2) is 54.5 Å². The smallest absolute Gasteiger partial charge is 0.394 e.